The van der Waals surface area contributed by atoms with Crippen LogP contribution < -0.4 is 10.6 Å². The van der Waals surface area contributed by atoms with Gasteiger partial charge in [-0.05, 0) is 59.4 Å². The molecule has 0 spiro atoms. The topological polar surface area (TPSA) is 204 Å². The van der Waals surface area contributed by atoms with Crippen molar-refractivity contribution >= 4 is 34.8 Å². The Hall–Kier alpha value is -6.26. The summed E-state index contributed by atoms with van der Waals surface area (Å²) in [6.07, 6.45) is 2.40. The van der Waals surface area contributed by atoms with E-state index < -0.39 is 36.3 Å². The van der Waals surface area contributed by atoms with E-state index in [9.17, 15) is 24.3 Å². The van der Waals surface area contributed by atoms with Crippen molar-refractivity contribution in [3.8, 4) is 33.6 Å². The van der Waals surface area contributed by atoms with Crippen molar-refractivity contribution in [3.63, 3.8) is 0 Å². The standard InChI is InChI=1S/C40H44N8O8/c1-23(49)35(46-40(53)55-3)38(51)48-14-4-5-32(48)36-41-20-31(45-36)29-13-12-27-17-26(10-11-28(27)18-29)24-6-8-25(9-7-24)30-19-42-37(44-30)33-22-56-16-15-47(33)34(50)21-43-39(52)54-2/h6-13,17-20,23,32-33,35,49H,4-5,14-16,21-22H2,1-3H3,(H,41,45)(H,42,44)(H,43,52)(H,46,53)/t23-,32+,33+,35+/m1/s1. The molecule has 7 rings (SSSR count). The maximum atomic E-state index is 13.4. The summed E-state index contributed by atoms with van der Waals surface area (Å²) in [6.45, 7) is 2.81. The summed E-state index contributed by atoms with van der Waals surface area (Å²) in [5, 5.41) is 17.2. The summed E-state index contributed by atoms with van der Waals surface area (Å²) in [7, 11) is 2.45. The third-order valence-corrected chi connectivity index (χ3v) is 10.3. The summed E-state index contributed by atoms with van der Waals surface area (Å²) in [4.78, 5) is 68.9. The minimum Gasteiger partial charge on any atom is -0.453 e. The molecule has 0 bridgehead atoms. The predicted octanol–water partition coefficient (Wildman–Crippen LogP) is 4.31. The summed E-state index contributed by atoms with van der Waals surface area (Å²) in [6, 6.07) is 18.8. The first kappa shape index (κ1) is 38.0. The number of H-pyrrole nitrogens is 2. The van der Waals surface area contributed by atoms with Crippen LogP contribution in [-0.2, 0) is 23.8 Å². The smallest absolute Gasteiger partial charge is 0.407 e. The van der Waals surface area contributed by atoms with Gasteiger partial charge in [0, 0.05) is 18.7 Å². The quantitative estimate of drug-likeness (QED) is 0.136. The number of alkyl carbamates (subject to hydrolysis) is 2. The number of hydrogen-bond acceptors (Lipinski definition) is 10. The Bertz CT molecular complexity index is 2220. The van der Waals surface area contributed by atoms with Crippen LogP contribution >= 0.6 is 0 Å². The van der Waals surface area contributed by atoms with E-state index in [1.807, 2.05) is 18.2 Å². The van der Waals surface area contributed by atoms with Crippen molar-refractivity contribution in [2.24, 2.45) is 0 Å². The number of ether oxygens (including phenoxy) is 3. The van der Waals surface area contributed by atoms with Crippen LogP contribution in [-0.4, -0.2) is 118 Å². The number of aromatic amines is 2. The maximum absolute atomic E-state index is 13.4. The lowest BCUT2D eigenvalue weighted by molar-refractivity contribution is -0.139. The molecule has 2 saturated heterocycles. The summed E-state index contributed by atoms with van der Waals surface area (Å²) in [5.41, 5.74) is 5.60. The molecule has 0 radical (unpaired) electrons. The van der Waals surface area contributed by atoms with Crippen molar-refractivity contribution in [1.29, 1.82) is 0 Å². The number of imidazole rings is 2. The van der Waals surface area contributed by atoms with E-state index in [1.54, 1.807) is 22.2 Å². The second-order valence-electron chi connectivity index (χ2n) is 13.8. The maximum Gasteiger partial charge on any atom is 0.407 e. The Balaban J connectivity index is 1.02. The second kappa shape index (κ2) is 16.6. The number of aliphatic hydroxyl groups excluding tert-OH is 1. The van der Waals surface area contributed by atoms with Gasteiger partial charge in [-0.3, -0.25) is 9.59 Å². The molecular formula is C40H44N8O8. The lowest BCUT2D eigenvalue weighted by Crippen LogP contribution is -2.53. The zero-order chi connectivity index (χ0) is 39.3. The lowest BCUT2D eigenvalue weighted by Gasteiger charge is -2.34. The number of carbonyl (C=O) groups excluding carboxylic acids is 4. The minimum atomic E-state index is -1.13. The van der Waals surface area contributed by atoms with Gasteiger partial charge in [0.15, 0.2) is 0 Å². The number of morpholine rings is 1. The van der Waals surface area contributed by atoms with Gasteiger partial charge in [0.25, 0.3) is 0 Å². The molecule has 2 aliphatic heterocycles. The number of nitrogens with zero attached hydrogens (tertiary/aromatic N) is 4. The third-order valence-electron chi connectivity index (χ3n) is 10.3. The third kappa shape index (κ3) is 8.06. The van der Waals surface area contributed by atoms with E-state index in [-0.39, 0.29) is 25.1 Å². The first-order chi connectivity index (χ1) is 27.1. The molecule has 0 saturated carbocycles. The molecule has 292 valence electrons. The SMILES string of the molecule is COC(=O)NCC(=O)N1CCOC[C@H]1c1ncc(-c2ccc(-c3ccc4cc(-c5cnc([C@@H]6CCCN6C(=O)[C@@H](NC(=O)OC)[C@@H](C)O)[nH]5)ccc4c3)cc2)[nH]1. The number of methoxy groups -OCH3 is 2. The van der Waals surface area contributed by atoms with Crippen molar-refractivity contribution in [2.45, 2.75) is 44.0 Å². The van der Waals surface area contributed by atoms with E-state index in [0.717, 1.165) is 50.8 Å². The number of aliphatic hydroxyl groups is 1. The molecule has 2 aliphatic rings. The van der Waals surface area contributed by atoms with Crippen molar-refractivity contribution < 1.29 is 38.5 Å². The molecular weight excluding hydrogens is 720 g/mol. The van der Waals surface area contributed by atoms with Crippen LogP contribution in [0.4, 0.5) is 9.59 Å². The van der Waals surface area contributed by atoms with E-state index in [2.05, 4.69) is 82.5 Å². The lowest BCUT2D eigenvalue weighted by atomic mass is 9.98. The van der Waals surface area contributed by atoms with Gasteiger partial charge in [0.05, 0.1) is 63.4 Å². The molecule has 2 aromatic heterocycles. The number of carbonyl (C=O) groups is 4. The van der Waals surface area contributed by atoms with E-state index in [0.29, 0.717) is 37.8 Å². The average molecular weight is 765 g/mol. The van der Waals surface area contributed by atoms with Crippen LogP contribution in [0.15, 0.2) is 73.1 Å². The largest absolute Gasteiger partial charge is 0.453 e. The molecule has 2 fully saturated rings. The number of hydrogen-bond donors (Lipinski definition) is 5. The van der Waals surface area contributed by atoms with E-state index in [1.165, 1.54) is 21.1 Å². The van der Waals surface area contributed by atoms with Gasteiger partial charge >= 0.3 is 12.2 Å². The highest BCUT2D eigenvalue weighted by atomic mass is 16.5. The highest BCUT2D eigenvalue weighted by Crippen LogP contribution is 2.34. The highest BCUT2D eigenvalue weighted by Gasteiger charge is 2.38. The van der Waals surface area contributed by atoms with Gasteiger partial charge in [-0.1, -0.05) is 48.5 Å². The molecule has 0 aliphatic carbocycles. The van der Waals surface area contributed by atoms with E-state index in [4.69, 9.17) is 4.74 Å². The number of amides is 4. The number of aromatic nitrogens is 4. The summed E-state index contributed by atoms with van der Waals surface area (Å²) in [5.74, 6) is 0.595. The van der Waals surface area contributed by atoms with Crippen LogP contribution in [0.5, 0.6) is 0 Å². The average Bonchev–Trinajstić information content (AvgIpc) is 4.03. The minimum absolute atomic E-state index is 0.184. The van der Waals surface area contributed by atoms with Crippen molar-refractivity contribution in [2.75, 3.05) is 47.1 Å². The molecule has 4 heterocycles. The number of nitrogens with one attached hydrogen (secondary N) is 4. The first-order valence-electron chi connectivity index (χ1n) is 18.4. The number of benzene rings is 3. The summed E-state index contributed by atoms with van der Waals surface area (Å²) >= 11 is 0. The molecule has 5 N–H and O–H groups in total. The molecule has 5 aromatic rings. The Morgan fingerprint density at radius 2 is 1.43 bits per heavy atom. The Kier molecular flexibility index (Phi) is 11.3. The van der Waals surface area contributed by atoms with Crippen LogP contribution in [0.25, 0.3) is 44.4 Å². The Labute approximate surface area is 322 Å². The van der Waals surface area contributed by atoms with Gasteiger partial charge in [0.1, 0.15) is 30.3 Å². The summed E-state index contributed by atoms with van der Waals surface area (Å²) < 4.78 is 14.9. The highest BCUT2D eigenvalue weighted by molar-refractivity contribution is 5.91. The van der Waals surface area contributed by atoms with Crippen LogP contribution in [0.3, 0.4) is 0 Å². The predicted molar refractivity (Wildman–Crippen MR) is 205 cm³/mol. The fourth-order valence-electron chi connectivity index (χ4n) is 7.26. The fraction of sp³-hybridized carbons (Fsp3) is 0.350. The van der Waals surface area contributed by atoms with Gasteiger partial charge in [-0.15, -0.1) is 0 Å². The molecule has 3 aromatic carbocycles. The second-order valence-corrected chi connectivity index (χ2v) is 13.8. The Morgan fingerprint density at radius 1 is 0.821 bits per heavy atom. The van der Waals surface area contributed by atoms with Gasteiger partial charge in [-0.25, -0.2) is 19.6 Å². The van der Waals surface area contributed by atoms with Gasteiger partial charge in [0.2, 0.25) is 11.8 Å². The van der Waals surface area contributed by atoms with Crippen LogP contribution in [0, 0.1) is 0 Å². The van der Waals surface area contributed by atoms with Crippen molar-refractivity contribution in [3.05, 3.63) is 84.7 Å². The monoisotopic (exact) mass is 764 g/mol. The number of rotatable bonds is 10. The first-order valence-corrected chi connectivity index (χ1v) is 18.4. The molecule has 56 heavy (non-hydrogen) atoms. The number of likely N-dealkylation sites (tertiary alicyclic amines) is 1. The zero-order valence-corrected chi connectivity index (χ0v) is 31.3. The Morgan fingerprint density at radius 3 is 2.11 bits per heavy atom. The molecule has 4 amide bonds. The molecule has 0 unspecified atom stereocenters. The van der Waals surface area contributed by atoms with Crippen LogP contribution in [0.2, 0.25) is 0 Å². The van der Waals surface area contributed by atoms with Crippen LogP contribution in [0.1, 0.15) is 43.5 Å². The molecule has 16 heteroatoms. The van der Waals surface area contributed by atoms with Gasteiger partial charge < -0.3 is 49.7 Å². The molecule has 4 atom stereocenters. The zero-order valence-electron chi connectivity index (χ0n) is 31.3. The normalized spacial score (nSPS) is 18.0. The number of fused-ring (bicyclic) bond motifs is 1. The van der Waals surface area contributed by atoms with Gasteiger partial charge in [-0.2, -0.15) is 0 Å². The fourth-order valence-corrected chi connectivity index (χ4v) is 7.26. The molecule has 16 nitrogen and oxygen atoms in total. The van der Waals surface area contributed by atoms with E-state index >= 15 is 0 Å². The van der Waals surface area contributed by atoms with Crippen molar-refractivity contribution in [1.82, 2.24) is 40.4 Å².